The van der Waals surface area contributed by atoms with E-state index in [9.17, 15) is 9.59 Å². The number of carboxylic acid groups (broad SMARTS) is 1. The van der Waals surface area contributed by atoms with Crippen LogP contribution in [-0.2, 0) is 4.79 Å². The van der Waals surface area contributed by atoms with Gasteiger partial charge in [-0.3, -0.25) is 9.59 Å². The molecule has 1 amide bonds. The zero-order chi connectivity index (χ0) is 14.6. The molecule has 0 bridgehead atoms. The van der Waals surface area contributed by atoms with Crippen molar-refractivity contribution in [2.45, 2.75) is 20.3 Å². The normalized spacial score (nSPS) is 13.7. The number of carbonyl (C=O) groups is 2. The lowest BCUT2D eigenvalue weighted by Gasteiger charge is -2.23. The van der Waals surface area contributed by atoms with Gasteiger partial charge < -0.3 is 10.4 Å². The Balaban J connectivity index is 2.81. The molecule has 0 aliphatic heterocycles. The fourth-order valence-corrected chi connectivity index (χ4v) is 1.63. The minimum atomic E-state index is -1.03. The summed E-state index contributed by atoms with van der Waals surface area (Å²) in [6.07, 6.45) is 0.388. The molecular weight excluding hydrogens is 291 g/mol. The van der Waals surface area contributed by atoms with Gasteiger partial charge in [-0.2, -0.15) is 0 Å². The summed E-state index contributed by atoms with van der Waals surface area (Å²) in [6.45, 7) is 3.29. The molecule has 1 heterocycles. The zero-order valence-electron chi connectivity index (χ0n) is 10.5. The molecule has 1 rings (SSSR count). The lowest BCUT2D eigenvalue weighted by molar-refractivity contribution is -0.147. The van der Waals surface area contributed by atoms with Gasteiger partial charge in [-0.1, -0.05) is 30.1 Å². The third-order valence-corrected chi connectivity index (χ3v) is 3.48. The number of aliphatic carboxylic acids is 1. The lowest BCUT2D eigenvalue weighted by Crippen LogP contribution is -2.40. The first-order valence-electron chi connectivity index (χ1n) is 5.64. The van der Waals surface area contributed by atoms with Gasteiger partial charge >= 0.3 is 5.97 Å². The lowest BCUT2D eigenvalue weighted by atomic mass is 9.88. The van der Waals surface area contributed by atoms with E-state index < -0.39 is 17.3 Å². The Morgan fingerprint density at radius 2 is 2.05 bits per heavy atom. The fraction of sp³-hybridized carbons (Fsp3) is 0.417. The molecule has 5 nitrogen and oxygen atoms in total. The highest BCUT2D eigenvalue weighted by Crippen LogP contribution is 2.21. The first kappa shape index (κ1) is 15.7. The van der Waals surface area contributed by atoms with Crippen molar-refractivity contribution in [3.05, 3.63) is 28.0 Å². The molecule has 7 heteroatoms. The molecule has 0 aliphatic rings. The molecule has 2 N–H and O–H groups in total. The number of aromatic nitrogens is 1. The number of amides is 1. The van der Waals surface area contributed by atoms with E-state index in [1.54, 1.807) is 13.8 Å². The van der Waals surface area contributed by atoms with Crippen molar-refractivity contribution >= 4 is 35.1 Å². The molecule has 19 heavy (non-hydrogen) atoms. The summed E-state index contributed by atoms with van der Waals surface area (Å²) >= 11 is 11.5. The molecule has 1 atom stereocenters. The van der Waals surface area contributed by atoms with Crippen LogP contribution in [-0.4, -0.2) is 28.5 Å². The van der Waals surface area contributed by atoms with Gasteiger partial charge in [0.15, 0.2) is 0 Å². The topological polar surface area (TPSA) is 79.3 Å². The smallest absolute Gasteiger partial charge is 0.311 e. The number of hydrogen-bond donors (Lipinski definition) is 2. The summed E-state index contributed by atoms with van der Waals surface area (Å²) in [5.41, 5.74) is -1.04. The number of nitrogens with zero attached hydrogens (tertiary/aromatic N) is 1. The van der Waals surface area contributed by atoms with Crippen LogP contribution in [0.4, 0.5) is 0 Å². The maximum absolute atomic E-state index is 11.9. The Labute approximate surface area is 120 Å². The van der Waals surface area contributed by atoms with E-state index in [-0.39, 0.29) is 22.4 Å². The van der Waals surface area contributed by atoms with Gasteiger partial charge in [0.25, 0.3) is 5.91 Å². The van der Waals surface area contributed by atoms with Gasteiger partial charge in [-0.25, -0.2) is 4.98 Å². The van der Waals surface area contributed by atoms with Gasteiger partial charge in [0, 0.05) is 6.54 Å². The molecule has 0 fully saturated rings. The summed E-state index contributed by atoms with van der Waals surface area (Å²) in [6, 6.07) is 2.93. The summed E-state index contributed by atoms with van der Waals surface area (Å²) in [5, 5.41) is 11.9. The minimum Gasteiger partial charge on any atom is -0.481 e. The number of rotatable bonds is 5. The minimum absolute atomic E-state index is 0.0117. The number of halogens is 2. The molecular formula is C12H14Cl2N2O3. The predicted octanol–water partition coefficient (Wildman–Crippen LogP) is 2.62. The number of nitrogens with one attached hydrogen (secondary N) is 1. The van der Waals surface area contributed by atoms with Crippen molar-refractivity contribution in [3.8, 4) is 0 Å². The van der Waals surface area contributed by atoms with E-state index in [1.165, 1.54) is 12.1 Å². The van der Waals surface area contributed by atoms with E-state index in [1.807, 2.05) is 0 Å². The highest BCUT2D eigenvalue weighted by Gasteiger charge is 2.31. The molecule has 0 aliphatic carbocycles. The van der Waals surface area contributed by atoms with Gasteiger partial charge in [-0.05, 0) is 25.5 Å². The van der Waals surface area contributed by atoms with Crippen molar-refractivity contribution in [1.82, 2.24) is 10.3 Å². The molecule has 104 valence electrons. The third-order valence-electron chi connectivity index (χ3n) is 2.96. The second kappa shape index (κ2) is 6.21. The Bertz CT molecular complexity index is 508. The highest BCUT2D eigenvalue weighted by molar-refractivity contribution is 6.34. The Hall–Kier alpha value is -1.33. The van der Waals surface area contributed by atoms with E-state index in [0.29, 0.717) is 6.42 Å². The van der Waals surface area contributed by atoms with E-state index in [4.69, 9.17) is 28.3 Å². The predicted molar refractivity (Wildman–Crippen MR) is 72.6 cm³/mol. The standard InChI is InChI=1S/C12H14Cl2N2O3/c1-3-12(2,11(18)19)6-15-10(17)9-7(13)4-5-8(14)16-9/h4-5H,3,6H2,1-2H3,(H,15,17)(H,18,19). The summed E-state index contributed by atoms with van der Waals surface area (Å²) in [4.78, 5) is 26.8. The zero-order valence-corrected chi connectivity index (χ0v) is 12.0. The van der Waals surface area contributed by atoms with Gasteiger partial charge in [0.2, 0.25) is 0 Å². The highest BCUT2D eigenvalue weighted by atomic mass is 35.5. The van der Waals surface area contributed by atoms with Gasteiger partial charge in [0.05, 0.1) is 10.4 Å². The van der Waals surface area contributed by atoms with Gasteiger partial charge in [-0.15, -0.1) is 0 Å². The Morgan fingerprint density at radius 3 is 2.58 bits per heavy atom. The largest absolute Gasteiger partial charge is 0.481 e. The number of carboxylic acids is 1. The molecule has 0 spiro atoms. The number of carbonyl (C=O) groups excluding carboxylic acids is 1. The van der Waals surface area contributed by atoms with Crippen LogP contribution in [0.3, 0.4) is 0 Å². The second-order valence-corrected chi connectivity index (χ2v) is 5.16. The second-order valence-electron chi connectivity index (χ2n) is 4.37. The molecule has 0 radical (unpaired) electrons. The molecule has 0 aromatic carbocycles. The van der Waals surface area contributed by atoms with Crippen molar-refractivity contribution < 1.29 is 14.7 Å². The Kier molecular flexibility index (Phi) is 5.14. The van der Waals surface area contributed by atoms with Crippen LogP contribution >= 0.6 is 23.2 Å². The monoisotopic (exact) mass is 304 g/mol. The van der Waals surface area contributed by atoms with Gasteiger partial charge in [0.1, 0.15) is 10.8 Å². The quantitative estimate of drug-likeness (QED) is 0.820. The molecule has 0 saturated heterocycles. The van der Waals surface area contributed by atoms with Crippen LogP contribution in [0.2, 0.25) is 10.2 Å². The first-order valence-corrected chi connectivity index (χ1v) is 6.39. The van der Waals surface area contributed by atoms with Crippen LogP contribution in [0, 0.1) is 5.41 Å². The fourth-order valence-electron chi connectivity index (χ4n) is 1.29. The van der Waals surface area contributed by atoms with Crippen LogP contribution in [0.1, 0.15) is 30.8 Å². The van der Waals surface area contributed by atoms with Crippen molar-refractivity contribution in [2.24, 2.45) is 5.41 Å². The maximum Gasteiger partial charge on any atom is 0.311 e. The summed E-state index contributed by atoms with van der Waals surface area (Å²) in [7, 11) is 0. The van der Waals surface area contributed by atoms with Crippen LogP contribution < -0.4 is 5.32 Å². The van der Waals surface area contributed by atoms with Crippen LogP contribution in [0.15, 0.2) is 12.1 Å². The van der Waals surface area contributed by atoms with E-state index in [0.717, 1.165) is 0 Å². The van der Waals surface area contributed by atoms with Crippen LogP contribution in [0.5, 0.6) is 0 Å². The average Bonchev–Trinajstić information content (AvgIpc) is 2.38. The summed E-state index contributed by atoms with van der Waals surface area (Å²) in [5.74, 6) is -1.52. The summed E-state index contributed by atoms with van der Waals surface area (Å²) < 4.78 is 0. The third kappa shape index (κ3) is 3.81. The molecule has 1 aromatic rings. The molecule has 0 saturated carbocycles. The first-order chi connectivity index (χ1) is 8.80. The van der Waals surface area contributed by atoms with Crippen molar-refractivity contribution in [3.63, 3.8) is 0 Å². The average molecular weight is 305 g/mol. The Morgan fingerprint density at radius 1 is 1.42 bits per heavy atom. The molecule has 1 unspecified atom stereocenters. The maximum atomic E-state index is 11.9. The van der Waals surface area contributed by atoms with E-state index in [2.05, 4.69) is 10.3 Å². The van der Waals surface area contributed by atoms with Crippen molar-refractivity contribution in [1.29, 1.82) is 0 Å². The SMILES string of the molecule is CCC(C)(CNC(=O)c1nc(Cl)ccc1Cl)C(=O)O. The van der Waals surface area contributed by atoms with E-state index >= 15 is 0 Å². The number of pyridine rings is 1. The number of hydrogen-bond acceptors (Lipinski definition) is 3. The van der Waals surface area contributed by atoms with Crippen LogP contribution in [0.25, 0.3) is 0 Å². The molecule has 1 aromatic heterocycles. The van der Waals surface area contributed by atoms with Crippen molar-refractivity contribution in [2.75, 3.05) is 6.54 Å².